The van der Waals surface area contributed by atoms with Gasteiger partial charge in [-0.1, -0.05) is 19.1 Å². The fourth-order valence-electron chi connectivity index (χ4n) is 1.60. The van der Waals surface area contributed by atoms with Crippen LogP contribution in [0.15, 0.2) is 29.2 Å². The summed E-state index contributed by atoms with van der Waals surface area (Å²) in [7, 11) is 2.04. The summed E-state index contributed by atoms with van der Waals surface area (Å²) in [5.74, 6) is 0. The first-order valence-corrected chi connectivity index (χ1v) is 6.87. The number of thioether (sulfide) groups is 1. The van der Waals surface area contributed by atoms with Gasteiger partial charge in [0.25, 0.3) is 0 Å². The van der Waals surface area contributed by atoms with Crippen LogP contribution >= 0.6 is 11.8 Å². The van der Waals surface area contributed by atoms with Gasteiger partial charge in [0, 0.05) is 18.0 Å². The number of hydrogen-bond acceptors (Lipinski definition) is 3. The summed E-state index contributed by atoms with van der Waals surface area (Å²) in [5.41, 5.74) is 1.30. The lowest BCUT2D eigenvalue weighted by Gasteiger charge is -2.19. The van der Waals surface area contributed by atoms with Crippen LogP contribution in [0, 0.1) is 0 Å². The highest BCUT2D eigenvalue weighted by Crippen LogP contribution is 2.15. The zero-order chi connectivity index (χ0) is 12.0. The number of aliphatic hydroxyl groups is 1. The Bertz CT molecular complexity index is 299. The van der Waals surface area contributed by atoms with Crippen molar-refractivity contribution in [1.82, 2.24) is 4.90 Å². The number of rotatable bonds is 6. The maximum Gasteiger partial charge on any atom is 0.0664 e. The number of likely N-dealkylation sites (N-methyl/N-ethyl adjacent to an activating group) is 1. The van der Waals surface area contributed by atoms with Crippen molar-refractivity contribution in [3.8, 4) is 0 Å². The van der Waals surface area contributed by atoms with Crippen molar-refractivity contribution >= 4 is 11.8 Å². The molecule has 3 heteroatoms. The second-order valence-electron chi connectivity index (χ2n) is 4.11. The molecule has 90 valence electrons. The van der Waals surface area contributed by atoms with Crippen LogP contribution in [0.3, 0.4) is 0 Å². The summed E-state index contributed by atoms with van der Waals surface area (Å²) < 4.78 is 0. The molecule has 0 aliphatic rings. The van der Waals surface area contributed by atoms with Gasteiger partial charge in [0.05, 0.1) is 6.10 Å². The zero-order valence-electron chi connectivity index (χ0n) is 10.3. The molecule has 0 aliphatic carbocycles. The minimum atomic E-state index is -0.213. The highest BCUT2D eigenvalue weighted by atomic mass is 32.2. The van der Waals surface area contributed by atoms with E-state index < -0.39 is 0 Å². The van der Waals surface area contributed by atoms with Gasteiger partial charge in [-0.15, -0.1) is 11.8 Å². The summed E-state index contributed by atoms with van der Waals surface area (Å²) in [6.45, 7) is 3.64. The molecule has 0 amide bonds. The molecule has 0 heterocycles. The van der Waals surface area contributed by atoms with Crippen molar-refractivity contribution in [2.75, 3.05) is 19.8 Å². The van der Waals surface area contributed by atoms with E-state index >= 15 is 0 Å². The van der Waals surface area contributed by atoms with E-state index in [1.54, 1.807) is 11.8 Å². The van der Waals surface area contributed by atoms with Crippen molar-refractivity contribution in [2.24, 2.45) is 0 Å². The van der Waals surface area contributed by atoms with Crippen molar-refractivity contribution in [3.63, 3.8) is 0 Å². The van der Waals surface area contributed by atoms with Crippen LogP contribution in [0.25, 0.3) is 0 Å². The second-order valence-corrected chi connectivity index (χ2v) is 4.99. The molecule has 0 fully saturated rings. The van der Waals surface area contributed by atoms with Crippen molar-refractivity contribution in [1.29, 1.82) is 0 Å². The fourth-order valence-corrected chi connectivity index (χ4v) is 2.00. The molecule has 0 spiro atoms. The van der Waals surface area contributed by atoms with E-state index in [9.17, 15) is 5.11 Å². The van der Waals surface area contributed by atoms with Gasteiger partial charge in [0.1, 0.15) is 0 Å². The molecule has 0 unspecified atom stereocenters. The SMILES string of the molecule is CC[C@@H](O)CN(C)Cc1ccc(SC)cc1. The van der Waals surface area contributed by atoms with Crippen LogP contribution in [0.2, 0.25) is 0 Å². The van der Waals surface area contributed by atoms with E-state index in [0.717, 1.165) is 19.5 Å². The standard InChI is InChI=1S/C13H21NOS/c1-4-12(15)10-14(2)9-11-5-7-13(16-3)8-6-11/h5-8,12,15H,4,9-10H2,1-3H3/t12-/m1/s1. The Morgan fingerprint density at radius 1 is 1.31 bits per heavy atom. The van der Waals surface area contributed by atoms with E-state index in [2.05, 4.69) is 35.4 Å². The Labute approximate surface area is 103 Å². The van der Waals surface area contributed by atoms with Gasteiger partial charge in [-0.2, -0.15) is 0 Å². The van der Waals surface area contributed by atoms with Crippen molar-refractivity contribution in [2.45, 2.75) is 30.9 Å². The summed E-state index contributed by atoms with van der Waals surface area (Å²) in [6.07, 6.45) is 2.68. The molecule has 1 aromatic rings. The van der Waals surface area contributed by atoms with E-state index in [4.69, 9.17) is 0 Å². The van der Waals surface area contributed by atoms with Gasteiger partial charge < -0.3 is 5.11 Å². The third kappa shape index (κ3) is 4.56. The van der Waals surface area contributed by atoms with Gasteiger partial charge in [0.2, 0.25) is 0 Å². The first-order valence-electron chi connectivity index (χ1n) is 5.65. The highest BCUT2D eigenvalue weighted by Gasteiger charge is 2.06. The van der Waals surface area contributed by atoms with Crippen molar-refractivity contribution in [3.05, 3.63) is 29.8 Å². The van der Waals surface area contributed by atoms with Gasteiger partial charge in [0.15, 0.2) is 0 Å². The van der Waals surface area contributed by atoms with Crippen LogP contribution in [0.4, 0.5) is 0 Å². The first-order chi connectivity index (χ1) is 7.65. The number of benzene rings is 1. The Morgan fingerprint density at radius 3 is 2.44 bits per heavy atom. The highest BCUT2D eigenvalue weighted by molar-refractivity contribution is 7.98. The molecule has 1 atom stereocenters. The Balaban J connectivity index is 2.46. The largest absolute Gasteiger partial charge is 0.392 e. The molecule has 1 rings (SSSR count). The topological polar surface area (TPSA) is 23.5 Å². The number of nitrogens with zero attached hydrogens (tertiary/aromatic N) is 1. The van der Waals surface area contributed by atoms with E-state index in [-0.39, 0.29) is 6.10 Å². The minimum absolute atomic E-state index is 0.213. The van der Waals surface area contributed by atoms with Gasteiger partial charge in [-0.3, -0.25) is 4.90 Å². The molecule has 1 N–H and O–H groups in total. The quantitative estimate of drug-likeness (QED) is 0.772. The zero-order valence-corrected chi connectivity index (χ0v) is 11.1. The van der Waals surface area contributed by atoms with Gasteiger partial charge >= 0.3 is 0 Å². The maximum absolute atomic E-state index is 9.54. The third-order valence-corrected chi connectivity index (χ3v) is 3.35. The fraction of sp³-hybridized carbons (Fsp3) is 0.538. The molecule has 0 aromatic heterocycles. The normalized spacial score (nSPS) is 13.1. The lowest BCUT2D eigenvalue weighted by molar-refractivity contribution is 0.119. The average Bonchev–Trinajstić information content (AvgIpc) is 2.29. The third-order valence-electron chi connectivity index (χ3n) is 2.61. The first kappa shape index (κ1) is 13.6. The molecular formula is C13H21NOS. The molecule has 0 radical (unpaired) electrons. The molecule has 16 heavy (non-hydrogen) atoms. The van der Waals surface area contributed by atoms with E-state index in [1.807, 2.05) is 14.0 Å². The van der Waals surface area contributed by atoms with Crippen LogP contribution < -0.4 is 0 Å². The van der Waals surface area contributed by atoms with Crippen molar-refractivity contribution < 1.29 is 5.11 Å². The monoisotopic (exact) mass is 239 g/mol. The van der Waals surface area contributed by atoms with Crippen LogP contribution in [0.5, 0.6) is 0 Å². The second kappa shape index (κ2) is 6.94. The van der Waals surface area contributed by atoms with Crippen LogP contribution in [-0.4, -0.2) is 36.0 Å². The van der Waals surface area contributed by atoms with Gasteiger partial charge in [-0.25, -0.2) is 0 Å². The van der Waals surface area contributed by atoms with Crippen LogP contribution in [-0.2, 0) is 6.54 Å². The lowest BCUT2D eigenvalue weighted by atomic mass is 10.2. The summed E-state index contributed by atoms with van der Waals surface area (Å²) >= 11 is 1.76. The maximum atomic E-state index is 9.54. The molecule has 0 saturated heterocycles. The number of aliphatic hydroxyl groups excluding tert-OH is 1. The Morgan fingerprint density at radius 2 is 1.94 bits per heavy atom. The van der Waals surface area contributed by atoms with E-state index in [0.29, 0.717) is 0 Å². The molecular weight excluding hydrogens is 218 g/mol. The molecule has 1 aromatic carbocycles. The lowest BCUT2D eigenvalue weighted by Crippen LogP contribution is -2.28. The molecule has 0 bridgehead atoms. The molecule has 0 saturated carbocycles. The van der Waals surface area contributed by atoms with Crippen LogP contribution in [0.1, 0.15) is 18.9 Å². The molecule has 2 nitrogen and oxygen atoms in total. The smallest absolute Gasteiger partial charge is 0.0664 e. The van der Waals surface area contributed by atoms with Gasteiger partial charge in [-0.05, 0) is 37.4 Å². The molecule has 0 aliphatic heterocycles. The average molecular weight is 239 g/mol. The summed E-state index contributed by atoms with van der Waals surface area (Å²) in [4.78, 5) is 3.45. The predicted octanol–water partition coefficient (Wildman–Crippen LogP) is 2.61. The summed E-state index contributed by atoms with van der Waals surface area (Å²) in [6, 6.07) is 8.59. The Hall–Kier alpha value is -0.510. The number of hydrogen-bond donors (Lipinski definition) is 1. The predicted molar refractivity (Wildman–Crippen MR) is 70.9 cm³/mol. The van der Waals surface area contributed by atoms with E-state index in [1.165, 1.54) is 10.5 Å². The summed E-state index contributed by atoms with van der Waals surface area (Å²) in [5, 5.41) is 9.54. The minimum Gasteiger partial charge on any atom is -0.392 e. The Kier molecular flexibility index (Phi) is 5.88.